The van der Waals surface area contributed by atoms with Crippen LogP contribution < -0.4 is 4.90 Å². The maximum absolute atomic E-state index is 13.1. The van der Waals surface area contributed by atoms with Crippen molar-refractivity contribution in [3.8, 4) is 11.1 Å². The molecule has 0 unspecified atom stereocenters. The molecule has 0 N–H and O–H groups in total. The second-order valence-electron chi connectivity index (χ2n) is 7.52. The zero-order valence-electron chi connectivity index (χ0n) is 17.0. The molecule has 30 heavy (non-hydrogen) atoms. The molecule has 0 saturated carbocycles. The van der Waals surface area contributed by atoms with Crippen molar-refractivity contribution in [2.24, 2.45) is 0 Å². The molecule has 5 nitrogen and oxygen atoms in total. The second kappa shape index (κ2) is 9.22. The predicted octanol–water partition coefficient (Wildman–Crippen LogP) is 4.86. The van der Waals surface area contributed by atoms with Gasteiger partial charge in [0, 0.05) is 17.6 Å². The molecular formula is C24H25N3O2S. The van der Waals surface area contributed by atoms with Crippen molar-refractivity contribution in [1.29, 1.82) is 0 Å². The van der Waals surface area contributed by atoms with E-state index in [1.165, 1.54) is 11.3 Å². The number of rotatable bonds is 6. The van der Waals surface area contributed by atoms with Gasteiger partial charge in [-0.25, -0.2) is 4.98 Å². The van der Waals surface area contributed by atoms with Crippen molar-refractivity contribution in [2.45, 2.75) is 32.2 Å². The van der Waals surface area contributed by atoms with E-state index in [0.717, 1.165) is 36.1 Å². The SMILES string of the molecule is CCCC[C@@H]1CN(c2cccc(-c3ccccc3)c2)C(=O)CN1C(=O)c1cscn1. The summed E-state index contributed by atoms with van der Waals surface area (Å²) in [5, 5.41) is 1.75. The maximum atomic E-state index is 13.1. The lowest BCUT2D eigenvalue weighted by Crippen LogP contribution is -2.58. The van der Waals surface area contributed by atoms with Crippen molar-refractivity contribution in [2.75, 3.05) is 18.0 Å². The molecule has 1 aliphatic heterocycles. The van der Waals surface area contributed by atoms with Crippen LogP contribution in [0.2, 0.25) is 0 Å². The standard InChI is InChI=1S/C24H25N3O2S/c1-2-3-11-21-14-26(23(28)15-27(21)24(29)22-16-30-17-25-22)20-12-7-10-19(13-20)18-8-5-4-6-9-18/h4-10,12-13,16-17,21H,2-3,11,14-15H2,1H3/t21-/m1/s1. The average Bonchev–Trinajstić information content (AvgIpc) is 3.33. The first-order valence-electron chi connectivity index (χ1n) is 10.3. The van der Waals surface area contributed by atoms with E-state index in [0.29, 0.717) is 12.2 Å². The van der Waals surface area contributed by atoms with Crippen LogP contribution in [-0.4, -0.2) is 40.8 Å². The molecule has 0 bridgehead atoms. The third kappa shape index (κ3) is 4.28. The lowest BCUT2D eigenvalue weighted by molar-refractivity contribution is -0.121. The van der Waals surface area contributed by atoms with E-state index in [2.05, 4.69) is 36.2 Å². The van der Waals surface area contributed by atoms with Gasteiger partial charge in [-0.05, 0) is 29.7 Å². The Labute approximate surface area is 181 Å². The summed E-state index contributed by atoms with van der Waals surface area (Å²) in [7, 11) is 0. The summed E-state index contributed by atoms with van der Waals surface area (Å²) in [6.45, 7) is 2.73. The molecule has 2 aromatic carbocycles. The van der Waals surface area contributed by atoms with Gasteiger partial charge in [0.15, 0.2) is 0 Å². The topological polar surface area (TPSA) is 53.5 Å². The van der Waals surface area contributed by atoms with Gasteiger partial charge in [0.05, 0.1) is 11.6 Å². The molecule has 1 aromatic heterocycles. The Morgan fingerprint density at radius 1 is 1.13 bits per heavy atom. The highest BCUT2D eigenvalue weighted by Crippen LogP contribution is 2.28. The molecule has 1 atom stereocenters. The second-order valence-corrected chi connectivity index (χ2v) is 8.24. The average molecular weight is 420 g/mol. The molecular weight excluding hydrogens is 394 g/mol. The molecule has 1 aliphatic rings. The van der Waals surface area contributed by atoms with Crippen LogP contribution in [0.25, 0.3) is 11.1 Å². The van der Waals surface area contributed by atoms with Crippen LogP contribution in [0.5, 0.6) is 0 Å². The number of carbonyl (C=O) groups excluding carboxylic acids is 2. The van der Waals surface area contributed by atoms with Gasteiger partial charge in [-0.1, -0.05) is 62.2 Å². The first kappa shape index (κ1) is 20.3. The summed E-state index contributed by atoms with van der Waals surface area (Å²) in [6, 6.07) is 18.2. The van der Waals surface area contributed by atoms with Gasteiger partial charge in [-0.2, -0.15) is 0 Å². The van der Waals surface area contributed by atoms with Crippen LogP contribution >= 0.6 is 11.3 Å². The molecule has 0 radical (unpaired) electrons. The molecule has 154 valence electrons. The Hall–Kier alpha value is -2.99. The number of nitrogens with zero attached hydrogens (tertiary/aromatic N) is 3. The summed E-state index contributed by atoms with van der Waals surface area (Å²) in [6.07, 6.45) is 2.93. The summed E-state index contributed by atoms with van der Waals surface area (Å²) in [4.78, 5) is 33.7. The van der Waals surface area contributed by atoms with Gasteiger partial charge in [0.1, 0.15) is 12.2 Å². The Bertz CT molecular complexity index is 1000. The first-order valence-corrected chi connectivity index (χ1v) is 11.3. The molecule has 0 spiro atoms. The minimum absolute atomic E-state index is 0.0165. The van der Waals surface area contributed by atoms with Crippen LogP contribution in [-0.2, 0) is 4.79 Å². The number of hydrogen-bond acceptors (Lipinski definition) is 4. The smallest absolute Gasteiger partial charge is 0.274 e. The molecule has 1 saturated heterocycles. The highest BCUT2D eigenvalue weighted by molar-refractivity contribution is 7.07. The van der Waals surface area contributed by atoms with E-state index in [4.69, 9.17) is 0 Å². The monoisotopic (exact) mass is 419 g/mol. The summed E-state index contributed by atoms with van der Waals surface area (Å²) in [5.74, 6) is -0.208. The molecule has 2 amide bonds. The number of unbranched alkanes of at least 4 members (excludes halogenated alkanes) is 1. The highest BCUT2D eigenvalue weighted by Gasteiger charge is 2.36. The summed E-state index contributed by atoms with van der Waals surface area (Å²) >= 11 is 1.39. The van der Waals surface area contributed by atoms with Crippen molar-refractivity contribution < 1.29 is 9.59 Å². The fourth-order valence-electron chi connectivity index (χ4n) is 3.89. The van der Waals surface area contributed by atoms with Gasteiger partial charge < -0.3 is 9.80 Å². The molecule has 3 aromatic rings. The molecule has 1 fully saturated rings. The van der Waals surface area contributed by atoms with Crippen molar-refractivity contribution in [3.63, 3.8) is 0 Å². The maximum Gasteiger partial charge on any atom is 0.274 e. The van der Waals surface area contributed by atoms with Crippen LogP contribution in [0.4, 0.5) is 5.69 Å². The van der Waals surface area contributed by atoms with E-state index >= 15 is 0 Å². The van der Waals surface area contributed by atoms with Gasteiger partial charge in [0.25, 0.3) is 5.91 Å². The number of aromatic nitrogens is 1. The number of thiazole rings is 1. The Balaban J connectivity index is 1.60. The normalized spacial score (nSPS) is 16.7. The zero-order chi connectivity index (χ0) is 20.9. The number of benzene rings is 2. The third-order valence-electron chi connectivity index (χ3n) is 5.51. The number of hydrogen-bond donors (Lipinski definition) is 0. The highest BCUT2D eigenvalue weighted by atomic mass is 32.1. The zero-order valence-corrected chi connectivity index (χ0v) is 17.8. The predicted molar refractivity (Wildman–Crippen MR) is 121 cm³/mol. The minimum Gasteiger partial charge on any atom is -0.323 e. The van der Waals surface area contributed by atoms with Gasteiger partial charge in [-0.15, -0.1) is 11.3 Å². The van der Waals surface area contributed by atoms with Crippen LogP contribution in [0, 0.1) is 0 Å². The number of piperazine rings is 1. The molecule has 6 heteroatoms. The van der Waals surface area contributed by atoms with Crippen molar-refractivity contribution in [1.82, 2.24) is 9.88 Å². The van der Waals surface area contributed by atoms with Crippen LogP contribution in [0.3, 0.4) is 0 Å². The largest absolute Gasteiger partial charge is 0.323 e. The van der Waals surface area contributed by atoms with Crippen molar-refractivity contribution >= 4 is 28.8 Å². The van der Waals surface area contributed by atoms with E-state index in [1.54, 1.807) is 15.8 Å². The fraction of sp³-hybridized carbons (Fsp3) is 0.292. The van der Waals surface area contributed by atoms with E-state index < -0.39 is 0 Å². The number of carbonyl (C=O) groups is 2. The molecule has 4 rings (SSSR count). The lowest BCUT2D eigenvalue weighted by Gasteiger charge is -2.41. The summed E-state index contributed by atoms with van der Waals surface area (Å²) < 4.78 is 0. The van der Waals surface area contributed by atoms with Gasteiger partial charge >= 0.3 is 0 Å². The van der Waals surface area contributed by atoms with Crippen molar-refractivity contribution in [3.05, 3.63) is 71.2 Å². The minimum atomic E-state index is -0.150. The lowest BCUT2D eigenvalue weighted by atomic mass is 10.0. The fourth-order valence-corrected chi connectivity index (χ4v) is 4.42. The quantitative estimate of drug-likeness (QED) is 0.573. The van der Waals surface area contributed by atoms with E-state index in [1.807, 2.05) is 35.2 Å². The summed E-state index contributed by atoms with van der Waals surface area (Å²) in [5.41, 5.74) is 5.15. The van der Waals surface area contributed by atoms with Crippen LogP contribution in [0.1, 0.15) is 36.7 Å². The van der Waals surface area contributed by atoms with Crippen LogP contribution in [0.15, 0.2) is 65.5 Å². The Morgan fingerprint density at radius 3 is 2.67 bits per heavy atom. The first-order chi connectivity index (χ1) is 14.7. The van der Waals surface area contributed by atoms with E-state index in [-0.39, 0.29) is 24.4 Å². The van der Waals surface area contributed by atoms with Gasteiger partial charge in [-0.3, -0.25) is 9.59 Å². The van der Waals surface area contributed by atoms with Gasteiger partial charge in [0.2, 0.25) is 5.91 Å². The molecule has 2 heterocycles. The third-order valence-corrected chi connectivity index (χ3v) is 6.10. The number of anilines is 1. The molecule has 0 aliphatic carbocycles. The van der Waals surface area contributed by atoms with E-state index in [9.17, 15) is 9.59 Å². The number of amides is 2. The Kier molecular flexibility index (Phi) is 6.23. The Morgan fingerprint density at radius 2 is 1.93 bits per heavy atom.